The van der Waals surface area contributed by atoms with Crippen molar-refractivity contribution >= 4 is 5.97 Å². The van der Waals surface area contributed by atoms with Crippen LogP contribution in [0.25, 0.3) is 0 Å². The number of ether oxygens (including phenoxy) is 1. The van der Waals surface area contributed by atoms with Crippen LogP contribution >= 0.6 is 0 Å². The molecule has 0 radical (unpaired) electrons. The summed E-state index contributed by atoms with van der Waals surface area (Å²) < 4.78 is 5.94. The van der Waals surface area contributed by atoms with Crippen molar-refractivity contribution in [2.45, 2.75) is 72.8 Å². The van der Waals surface area contributed by atoms with E-state index >= 15 is 0 Å². The minimum absolute atomic E-state index is 0.0654. The third-order valence-corrected chi connectivity index (χ3v) is 7.66. The van der Waals surface area contributed by atoms with E-state index in [0.29, 0.717) is 23.7 Å². The van der Waals surface area contributed by atoms with Gasteiger partial charge in [0.1, 0.15) is 6.10 Å². The van der Waals surface area contributed by atoms with E-state index < -0.39 is 0 Å². The monoisotopic (exact) mass is 330 g/mol. The number of carbonyl (C=O) groups is 1. The van der Waals surface area contributed by atoms with Crippen molar-refractivity contribution in [2.75, 3.05) is 0 Å². The molecule has 0 aromatic rings. The first-order valence-corrected chi connectivity index (χ1v) is 9.70. The summed E-state index contributed by atoms with van der Waals surface area (Å²) in [5, 5.41) is 0. The summed E-state index contributed by atoms with van der Waals surface area (Å²) in [5.41, 5.74) is 1.89. The Bertz CT molecular complexity index is 558. The molecule has 134 valence electrons. The standard InChI is InChI=1S/C22H34O2/c1-7-16-9-10-18-17(14(16)2)13-19(24-15(3)23)20-21(4,5)11-8-12-22(18,20)6/h7,9,14,17-20H,1,8,10-13H2,2-6H3. The Kier molecular flexibility index (Phi) is 4.47. The van der Waals surface area contributed by atoms with E-state index in [1.165, 1.54) is 24.8 Å². The van der Waals surface area contributed by atoms with E-state index in [0.717, 1.165) is 12.8 Å². The lowest BCUT2D eigenvalue weighted by Gasteiger charge is -2.63. The Morgan fingerprint density at radius 2 is 2.04 bits per heavy atom. The van der Waals surface area contributed by atoms with Crippen molar-refractivity contribution in [1.82, 2.24) is 0 Å². The number of allylic oxidation sites excluding steroid dienone is 3. The molecule has 24 heavy (non-hydrogen) atoms. The SMILES string of the molecule is C=CC1=CCC2C(CC(OC(C)=O)C3C(C)(C)CCCC23C)C1C. The van der Waals surface area contributed by atoms with Crippen LogP contribution in [0.2, 0.25) is 0 Å². The Balaban J connectivity index is 2.04. The van der Waals surface area contributed by atoms with Crippen molar-refractivity contribution in [3.8, 4) is 0 Å². The molecule has 0 bridgehead atoms. The molecular weight excluding hydrogens is 296 g/mol. The summed E-state index contributed by atoms with van der Waals surface area (Å²) in [6, 6.07) is 0. The fourth-order valence-corrected chi connectivity index (χ4v) is 6.82. The van der Waals surface area contributed by atoms with Crippen LogP contribution in [0.5, 0.6) is 0 Å². The molecule has 3 rings (SSSR count). The van der Waals surface area contributed by atoms with E-state index in [1.54, 1.807) is 6.92 Å². The van der Waals surface area contributed by atoms with Gasteiger partial charge in [0.25, 0.3) is 0 Å². The molecule has 0 spiro atoms. The molecule has 6 unspecified atom stereocenters. The van der Waals surface area contributed by atoms with Crippen LogP contribution in [0.4, 0.5) is 0 Å². The molecule has 2 saturated carbocycles. The Labute approximate surface area is 147 Å². The maximum atomic E-state index is 11.8. The Morgan fingerprint density at radius 1 is 1.33 bits per heavy atom. The van der Waals surface area contributed by atoms with Gasteiger partial charge in [-0.2, -0.15) is 0 Å². The molecule has 0 saturated heterocycles. The summed E-state index contributed by atoms with van der Waals surface area (Å²) in [5.74, 6) is 2.16. The highest BCUT2D eigenvalue weighted by atomic mass is 16.5. The van der Waals surface area contributed by atoms with E-state index in [4.69, 9.17) is 4.74 Å². The number of rotatable bonds is 2. The summed E-state index contributed by atoms with van der Waals surface area (Å²) in [4.78, 5) is 11.8. The van der Waals surface area contributed by atoms with E-state index in [-0.39, 0.29) is 22.9 Å². The van der Waals surface area contributed by atoms with Gasteiger partial charge in [-0.3, -0.25) is 4.79 Å². The predicted octanol–water partition coefficient (Wildman–Crippen LogP) is 5.54. The third kappa shape index (κ3) is 2.66. The third-order valence-electron chi connectivity index (χ3n) is 7.66. The van der Waals surface area contributed by atoms with Crippen LogP contribution < -0.4 is 0 Å². The van der Waals surface area contributed by atoms with Crippen LogP contribution in [-0.2, 0) is 9.53 Å². The first-order valence-electron chi connectivity index (χ1n) is 9.70. The van der Waals surface area contributed by atoms with Gasteiger partial charge in [-0.05, 0) is 59.8 Å². The van der Waals surface area contributed by atoms with Gasteiger partial charge in [0, 0.05) is 12.8 Å². The highest BCUT2D eigenvalue weighted by Gasteiger charge is 2.60. The fraction of sp³-hybridized carbons (Fsp3) is 0.773. The minimum atomic E-state index is -0.120. The topological polar surface area (TPSA) is 26.3 Å². The average Bonchev–Trinajstić information content (AvgIpc) is 2.46. The van der Waals surface area contributed by atoms with Gasteiger partial charge in [-0.25, -0.2) is 0 Å². The van der Waals surface area contributed by atoms with Crippen molar-refractivity contribution in [3.63, 3.8) is 0 Å². The molecule has 2 fully saturated rings. The van der Waals surface area contributed by atoms with Gasteiger partial charge in [-0.15, -0.1) is 0 Å². The zero-order chi connectivity index (χ0) is 17.7. The van der Waals surface area contributed by atoms with Gasteiger partial charge in [-0.1, -0.05) is 52.8 Å². The highest BCUT2D eigenvalue weighted by molar-refractivity contribution is 5.66. The van der Waals surface area contributed by atoms with Gasteiger partial charge >= 0.3 is 5.97 Å². The van der Waals surface area contributed by atoms with E-state index in [1.807, 2.05) is 6.08 Å². The molecule has 3 aliphatic rings. The van der Waals surface area contributed by atoms with Crippen molar-refractivity contribution in [3.05, 3.63) is 24.3 Å². The van der Waals surface area contributed by atoms with Gasteiger partial charge < -0.3 is 4.74 Å². The fourth-order valence-electron chi connectivity index (χ4n) is 6.82. The maximum Gasteiger partial charge on any atom is 0.302 e. The lowest BCUT2D eigenvalue weighted by atomic mass is 9.43. The molecule has 6 atom stereocenters. The Morgan fingerprint density at radius 3 is 2.67 bits per heavy atom. The van der Waals surface area contributed by atoms with Crippen LogP contribution in [0.15, 0.2) is 24.3 Å². The largest absolute Gasteiger partial charge is 0.462 e. The predicted molar refractivity (Wildman–Crippen MR) is 98.4 cm³/mol. The minimum Gasteiger partial charge on any atom is -0.462 e. The molecule has 0 aliphatic heterocycles. The number of carbonyl (C=O) groups excluding carboxylic acids is 1. The van der Waals surface area contributed by atoms with Crippen molar-refractivity contribution in [1.29, 1.82) is 0 Å². The zero-order valence-electron chi connectivity index (χ0n) is 16.1. The summed E-state index contributed by atoms with van der Waals surface area (Å²) in [7, 11) is 0. The van der Waals surface area contributed by atoms with Crippen LogP contribution in [0, 0.1) is 34.5 Å². The normalized spacial score (nSPS) is 43.9. The van der Waals surface area contributed by atoms with Crippen molar-refractivity contribution in [2.24, 2.45) is 34.5 Å². The second-order valence-corrected chi connectivity index (χ2v) is 9.41. The molecule has 2 nitrogen and oxygen atoms in total. The van der Waals surface area contributed by atoms with Gasteiger partial charge in [0.05, 0.1) is 0 Å². The van der Waals surface area contributed by atoms with Crippen LogP contribution in [0.1, 0.15) is 66.7 Å². The van der Waals surface area contributed by atoms with Crippen LogP contribution in [-0.4, -0.2) is 12.1 Å². The lowest BCUT2D eigenvalue weighted by molar-refractivity contribution is -0.192. The van der Waals surface area contributed by atoms with Crippen molar-refractivity contribution < 1.29 is 9.53 Å². The molecule has 0 amide bonds. The highest BCUT2D eigenvalue weighted by Crippen LogP contribution is 2.64. The number of esters is 1. The molecule has 0 N–H and O–H groups in total. The van der Waals surface area contributed by atoms with Gasteiger partial charge in [0.2, 0.25) is 0 Å². The molecular formula is C22H34O2. The smallest absolute Gasteiger partial charge is 0.302 e. The maximum absolute atomic E-state index is 11.8. The molecule has 3 aliphatic carbocycles. The first-order chi connectivity index (χ1) is 11.2. The number of fused-ring (bicyclic) bond motifs is 3. The quantitative estimate of drug-likeness (QED) is 0.621. The molecule has 0 heterocycles. The second-order valence-electron chi connectivity index (χ2n) is 9.41. The Hall–Kier alpha value is -1.05. The number of hydrogen-bond acceptors (Lipinski definition) is 2. The van der Waals surface area contributed by atoms with Crippen LogP contribution in [0.3, 0.4) is 0 Å². The number of hydrogen-bond donors (Lipinski definition) is 0. The molecule has 2 heteroatoms. The van der Waals surface area contributed by atoms with Gasteiger partial charge in [0.15, 0.2) is 0 Å². The van der Waals surface area contributed by atoms with E-state index in [2.05, 4.69) is 40.3 Å². The molecule has 0 aromatic heterocycles. The summed E-state index contributed by atoms with van der Waals surface area (Å²) in [6.07, 6.45) is 10.5. The average molecular weight is 331 g/mol. The zero-order valence-corrected chi connectivity index (χ0v) is 16.1. The molecule has 0 aromatic carbocycles. The first kappa shape index (κ1) is 17.8. The second kappa shape index (κ2) is 6.04. The summed E-state index contributed by atoms with van der Waals surface area (Å²) >= 11 is 0. The summed E-state index contributed by atoms with van der Waals surface area (Å²) in [6.45, 7) is 15.2. The van der Waals surface area contributed by atoms with E-state index in [9.17, 15) is 4.79 Å². The lowest BCUT2D eigenvalue weighted by Crippen LogP contribution is -2.59.